The van der Waals surface area contributed by atoms with Gasteiger partial charge in [-0.3, -0.25) is 4.18 Å². The summed E-state index contributed by atoms with van der Waals surface area (Å²) in [4.78, 5) is 0.267. The highest BCUT2D eigenvalue weighted by atomic mass is 32.2. The Balaban J connectivity index is 1.45. The summed E-state index contributed by atoms with van der Waals surface area (Å²) in [5.41, 5.74) is 1.95. The Morgan fingerprint density at radius 3 is 2.41 bits per heavy atom. The summed E-state index contributed by atoms with van der Waals surface area (Å²) >= 11 is 0. The first-order valence-corrected chi connectivity index (χ1v) is 12.9. The van der Waals surface area contributed by atoms with E-state index in [1.54, 1.807) is 12.1 Å². The second kappa shape index (κ2) is 7.37. The maximum atomic E-state index is 12.7. The molecule has 3 fully saturated rings. The van der Waals surface area contributed by atoms with Gasteiger partial charge in [-0.15, -0.1) is 0 Å². The highest BCUT2D eigenvalue weighted by molar-refractivity contribution is 7.86. The molecule has 3 aliphatic carbocycles. The lowest BCUT2D eigenvalue weighted by Crippen LogP contribution is -2.54. The van der Waals surface area contributed by atoms with Crippen LogP contribution in [-0.2, 0) is 14.3 Å². The maximum absolute atomic E-state index is 12.7. The lowest BCUT2D eigenvalue weighted by molar-refractivity contribution is -0.128. The quantitative estimate of drug-likeness (QED) is 0.524. The summed E-state index contributed by atoms with van der Waals surface area (Å²) in [7, 11) is -3.69. The van der Waals surface area contributed by atoms with Crippen LogP contribution in [0.1, 0.15) is 84.1 Å². The molecule has 5 atom stereocenters. The molecule has 0 N–H and O–H groups in total. The maximum Gasteiger partial charge on any atom is 0.296 e. The topological polar surface area (TPSA) is 43.4 Å². The molecule has 3 nitrogen and oxygen atoms in total. The Kier molecular flexibility index (Phi) is 5.43. The summed E-state index contributed by atoms with van der Waals surface area (Å²) in [6, 6.07) is 6.95. The Morgan fingerprint density at radius 1 is 0.966 bits per heavy atom. The molecule has 0 radical (unpaired) electrons. The van der Waals surface area contributed by atoms with Crippen molar-refractivity contribution in [3.8, 4) is 0 Å². The van der Waals surface area contributed by atoms with Crippen molar-refractivity contribution in [2.45, 2.75) is 90.4 Å². The first-order valence-electron chi connectivity index (χ1n) is 11.5. The lowest BCUT2D eigenvalue weighted by Gasteiger charge is -2.62. The van der Waals surface area contributed by atoms with Crippen molar-refractivity contribution in [1.82, 2.24) is 0 Å². The van der Waals surface area contributed by atoms with Gasteiger partial charge in [-0.25, -0.2) is 0 Å². The fourth-order valence-electron chi connectivity index (χ4n) is 7.05. The fourth-order valence-corrected chi connectivity index (χ4v) is 8.09. The molecule has 0 spiro atoms. The smallest absolute Gasteiger partial charge is 0.266 e. The molecule has 4 rings (SSSR count). The molecule has 4 heteroatoms. The van der Waals surface area contributed by atoms with Gasteiger partial charge in [0.15, 0.2) is 0 Å². The number of aryl methyl sites for hydroxylation is 1. The molecule has 0 unspecified atom stereocenters. The van der Waals surface area contributed by atoms with Gasteiger partial charge in [0.25, 0.3) is 10.1 Å². The molecule has 0 heterocycles. The van der Waals surface area contributed by atoms with Gasteiger partial charge in [-0.1, -0.05) is 51.3 Å². The van der Waals surface area contributed by atoms with Crippen LogP contribution in [0.25, 0.3) is 0 Å². The number of rotatable bonds is 4. The van der Waals surface area contributed by atoms with Crippen molar-refractivity contribution >= 4 is 10.1 Å². The van der Waals surface area contributed by atoms with Crippen LogP contribution in [0.4, 0.5) is 0 Å². The van der Waals surface area contributed by atoms with Crippen molar-refractivity contribution in [3.05, 3.63) is 29.8 Å². The average molecular weight is 419 g/mol. The molecule has 0 amide bonds. The van der Waals surface area contributed by atoms with Crippen LogP contribution in [0.5, 0.6) is 0 Å². The predicted octanol–water partition coefficient (Wildman–Crippen LogP) is 6.50. The van der Waals surface area contributed by atoms with Gasteiger partial charge < -0.3 is 0 Å². The molecule has 3 saturated carbocycles. The van der Waals surface area contributed by atoms with E-state index in [2.05, 4.69) is 20.8 Å². The van der Waals surface area contributed by atoms with Crippen LogP contribution < -0.4 is 0 Å². The minimum Gasteiger partial charge on any atom is -0.266 e. The number of benzene rings is 1. The van der Waals surface area contributed by atoms with E-state index in [0.29, 0.717) is 23.4 Å². The molecule has 1 aromatic rings. The molecule has 0 bridgehead atoms. The van der Waals surface area contributed by atoms with Gasteiger partial charge in [0.1, 0.15) is 0 Å². The van der Waals surface area contributed by atoms with E-state index in [1.807, 2.05) is 19.1 Å². The molecular weight excluding hydrogens is 380 g/mol. The Bertz CT molecular complexity index is 845. The molecular formula is C25H38O3S. The van der Waals surface area contributed by atoms with Crippen LogP contribution >= 0.6 is 0 Å². The largest absolute Gasteiger partial charge is 0.296 e. The normalized spacial score (nSPS) is 40.1. The van der Waals surface area contributed by atoms with Crippen LogP contribution in [-0.4, -0.2) is 15.0 Å². The van der Waals surface area contributed by atoms with E-state index in [4.69, 9.17) is 4.18 Å². The summed E-state index contributed by atoms with van der Waals surface area (Å²) < 4.78 is 31.0. The molecule has 0 aliphatic heterocycles. The SMILES string of the molecule is Cc1ccc(S(=O)(=O)OC[C@@]2(C)CC[C@]3(C)[C@H](CC[C@]4(C)CCCC[C@H]43)C2)cc1. The standard InChI is InChI=1S/C25H38O3S/c1-19-8-10-21(11-9-19)29(26,27)28-18-23(2)15-16-25(4)20(17-23)12-14-24(3)13-6-5-7-22(24)25/h8-11,20,22H,5-7,12-18H2,1-4H3/t20-,22-,23+,24+,25-/m1/s1. The van der Waals surface area contributed by atoms with Gasteiger partial charge in [0.2, 0.25) is 0 Å². The molecule has 29 heavy (non-hydrogen) atoms. The van der Waals surface area contributed by atoms with E-state index in [9.17, 15) is 8.42 Å². The van der Waals surface area contributed by atoms with Crippen molar-refractivity contribution < 1.29 is 12.6 Å². The molecule has 0 saturated heterocycles. The number of hydrogen-bond donors (Lipinski definition) is 0. The zero-order chi connectivity index (χ0) is 20.9. The van der Waals surface area contributed by atoms with E-state index >= 15 is 0 Å². The summed E-state index contributed by atoms with van der Waals surface area (Å²) in [5, 5.41) is 0. The minimum atomic E-state index is -3.69. The average Bonchev–Trinajstić information content (AvgIpc) is 2.68. The second-order valence-electron chi connectivity index (χ2n) is 11.2. The van der Waals surface area contributed by atoms with Crippen molar-refractivity contribution in [2.24, 2.45) is 28.1 Å². The zero-order valence-corrected chi connectivity index (χ0v) is 19.5. The van der Waals surface area contributed by atoms with Gasteiger partial charge in [0.05, 0.1) is 11.5 Å². The van der Waals surface area contributed by atoms with Crippen molar-refractivity contribution in [3.63, 3.8) is 0 Å². The van der Waals surface area contributed by atoms with Gasteiger partial charge >= 0.3 is 0 Å². The monoisotopic (exact) mass is 418 g/mol. The third-order valence-corrected chi connectivity index (χ3v) is 10.3. The van der Waals surface area contributed by atoms with Gasteiger partial charge in [0, 0.05) is 0 Å². The Morgan fingerprint density at radius 2 is 1.69 bits per heavy atom. The highest BCUT2D eigenvalue weighted by Gasteiger charge is 2.57. The first-order chi connectivity index (χ1) is 13.6. The molecule has 0 aromatic heterocycles. The lowest BCUT2D eigenvalue weighted by atomic mass is 9.43. The van der Waals surface area contributed by atoms with Crippen LogP contribution in [0.3, 0.4) is 0 Å². The molecule has 1 aromatic carbocycles. The minimum absolute atomic E-state index is 0.0512. The third-order valence-electron chi connectivity index (χ3n) is 9.00. The molecule has 162 valence electrons. The number of hydrogen-bond acceptors (Lipinski definition) is 3. The van der Waals surface area contributed by atoms with E-state index in [0.717, 1.165) is 24.3 Å². The number of fused-ring (bicyclic) bond motifs is 3. The third kappa shape index (κ3) is 3.92. The fraction of sp³-hybridized carbons (Fsp3) is 0.760. The van der Waals surface area contributed by atoms with Crippen molar-refractivity contribution in [1.29, 1.82) is 0 Å². The summed E-state index contributed by atoms with van der Waals surface area (Å²) in [5.74, 6) is 1.53. The predicted molar refractivity (Wildman–Crippen MR) is 117 cm³/mol. The van der Waals surface area contributed by atoms with Crippen LogP contribution in [0.2, 0.25) is 0 Å². The molecule has 3 aliphatic rings. The van der Waals surface area contributed by atoms with Crippen LogP contribution in [0, 0.1) is 35.0 Å². The Hall–Kier alpha value is -0.870. The van der Waals surface area contributed by atoms with E-state index in [-0.39, 0.29) is 10.3 Å². The second-order valence-corrected chi connectivity index (χ2v) is 12.9. The summed E-state index contributed by atoms with van der Waals surface area (Å²) in [6.45, 7) is 9.60. The van der Waals surface area contributed by atoms with Gasteiger partial charge in [-0.2, -0.15) is 8.42 Å². The van der Waals surface area contributed by atoms with Crippen molar-refractivity contribution in [2.75, 3.05) is 6.61 Å². The van der Waals surface area contributed by atoms with Gasteiger partial charge in [-0.05, 0) is 92.1 Å². The van der Waals surface area contributed by atoms with E-state index in [1.165, 1.54) is 44.9 Å². The van der Waals surface area contributed by atoms with E-state index < -0.39 is 10.1 Å². The highest BCUT2D eigenvalue weighted by Crippen LogP contribution is 2.65. The zero-order valence-electron chi connectivity index (χ0n) is 18.7. The summed E-state index contributed by atoms with van der Waals surface area (Å²) in [6.07, 6.45) is 11.6. The first kappa shape index (κ1) is 21.4. The van der Waals surface area contributed by atoms with Crippen LogP contribution in [0.15, 0.2) is 29.2 Å². The Labute approximate surface area is 177 Å².